The number of rotatable bonds is 4. The van der Waals surface area contributed by atoms with Gasteiger partial charge in [0.05, 0.1) is 18.4 Å². The fraction of sp³-hybridized carbons (Fsp3) is 0.727. The molecule has 2 atom stereocenters. The van der Waals surface area contributed by atoms with Gasteiger partial charge in [0.25, 0.3) is 0 Å². The zero-order valence-electron chi connectivity index (χ0n) is 9.09. The highest BCUT2D eigenvalue weighted by Gasteiger charge is 2.24. The largest absolute Gasteiger partial charge is 0.390 e. The molecule has 1 N–H and O–H groups in total. The Kier molecular flexibility index (Phi) is 3.38. The van der Waals surface area contributed by atoms with Crippen LogP contribution in [0.25, 0.3) is 0 Å². The van der Waals surface area contributed by atoms with Gasteiger partial charge in [0, 0.05) is 25.8 Å². The van der Waals surface area contributed by atoms with Crippen molar-refractivity contribution in [3.63, 3.8) is 0 Å². The Labute approximate surface area is 89.9 Å². The van der Waals surface area contributed by atoms with E-state index >= 15 is 0 Å². The van der Waals surface area contributed by atoms with Gasteiger partial charge in [0.2, 0.25) is 0 Å². The number of aromatic nitrogens is 2. The molecule has 1 fully saturated rings. The fourth-order valence-corrected chi connectivity index (χ4v) is 1.96. The molecule has 1 aliphatic heterocycles. The van der Waals surface area contributed by atoms with Crippen LogP contribution in [-0.2, 0) is 17.7 Å². The number of aryl methyl sites for hydroxylation is 1. The smallest absolute Gasteiger partial charge is 0.0843 e. The molecule has 1 saturated heterocycles. The molecule has 15 heavy (non-hydrogen) atoms. The first-order valence-corrected chi connectivity index (χ1v) is 5.60. The molecule has 2 rings (SSSR count). The van der Waals surface area contributed by atoms with Gasteiger partial charge < -0.3 is 9.84 Å². The summed E-state index contributed by atoms with van der Waals surface area (Å²) in [4.78, 5) is 0. The normalized spacial score (nSPS) is 23.2. The van der Waals surface area contributed by atoms with E-state index in [1.54, 1.807) is 0 Å². The van der Waals surface area contributed by atoms with E-state index in [1.807, 2.05) is 24.0 Å². The molecule has 0 aromatic carbocycles. The van der Waals surface area contributed by atoms with Crippen molar-refractivity contribution in [3.05, 3.63) is 18.0 Å². The third-order valence-corrected chi connectivity index (χ3v) is 2.85. The van der Waals surface area contributed by atoms with Crippen LogP contribution in [0.2, 0.25) is 0 Å². The van der Waals surface area contributed by atoms with Crippen molar-refractivity contribution in [2.75, 3.05) is 6.61 Å². The molecule has 4 nitrogen and oxygen atoms in total. The molecule has 0 amide bonds. The zero-order chi connectivity index (χ0) is 10.7. The van der Waals surface area contributed by atoms with Crippen molar-refractivity contribution >= 4 is 0 Å². The third-order valence-electron chi connectivity index (χ3n) is 2.85. The summed E-state index contributed by atoms with van der Waals surface area (Å²) in [6, 6.07) is 0. The van der Waals surface area contributed by atoms with E-state index in [-0.39, 0.29) is 12.2 Å². The van der Waals surface area contributed by atoms with Gasteiger partial charge in [0.1, 0.15) is 0 Å². The average Bonchev–Trinajstić information content (AvgIpc) is 2.87. The minimum absolute atomic E-state index is 0.0231. The number of hydrogen-bond donors (Lipinski definition) is 1. The first-order valence-electron chi connectivity index (χ1n) is 5.60. The summed E-state index contributed by atoms with van der Waals surface area (Å²) in [6.45, 7) is 3.71. The van der Waals surface area contributed by atoms with Gasteiger partial charge in [-0.1, -0.05) is 0 Å². The second kappa shape index (κ2) is 4.77. The second-order valence-corrected chi connectivity index (χ2v) is 4.03. The Morgan fingerprint density at radius 1 is 1.73 bits per heavy atom. The predicted molar refractivity (Wildman–Crippen MR) is 56.6 cm³/mol. The summed E-state index contributed by atoms with van der Waals surface area (Å²) in [5.41, 5.74) is 1.08. The van der Waals surface area contributed by atoms with Crippen molar-refractivity contribution < 1.29 is 9.84 Å². The van der Waals surface area contributed by atoms with Crippen LogP contribution in [0.3, 0.4) is 0 Å². The Hall–Kier alpha value is -0.870. The van der Waals surface area contributed by atoms with E-state index in [1.165, 1.54) is 0 Å². The van der Waals surface area contributed by atoms with Crippen LogP contribution in [0, 0.1) is 0 Å². The molecule has 0 spiro atoms. The van der Waals surface area contributed by atoms with E-state index < -0.39 is 0 Å². The third kappa shape index (κ3) is 2.58. The number of aliphatic hydroxyl groups excluding tert-OH is 1. The lowest BCUT2D eigenvalue weighted by Crippen LogP contribution is -2.27. The molecular weight excluding hydrogens is 192 g/mol. The van der Waals surface area contributed by atoms with E-state index in [0.29, 0.717) is 6.42 Å². The maximum atomic E-state index is 9.92. The summed E-state index contributed by atoms with van der Waals surface area (Å²) < 4.78 is 7.32. The summed E-state index contributed by atoms with van der Waals surface area (Å²) in [5.74, 6) is 0. The lowest BCUT2D eigenvalue weighted by molar-refractivity contribution is -0.000780. The maximum absolute atomic E-state index is 9.92. The van der Waals surface area contributed by atoms with Crippen LogP contribution in [0.5, 0.6) is 0 Å². The summed E-state index contributed by atoms with van der Waals surface area (Å²) in [5, 5.41) is 14.1. The molecule has 4 heteroatoms. The summed E-state index contributed by atoms with van der Waals surface area (Å²) in [7, 11) is 0. The number of ether oxygens (including phenoxy) is 1. The number of nitrogens with zero attached hydrogens (tertiary/aromatic N) is 2. The van der Waals surface area contributed by atoms with Crippen LogP contribution < -0.4 is 0 Å². The van der Waals surface area contributed by atoms with Crippen LogP contribution in [0.1, 0.15) is 25.3 Å². The van der Waals surface area contributed by atoms with Crippen molar-refractivity contribution in [3.8, 4) is 0 Å². The molecule has 84 valence electrons. The second-order valence-electron chi connectivity index (χ2n) is 4.03. The van der Waals surface area contributed by atoms with Crippen molar-refractivity contribution in [2.45, 2.75) is 44.9 Å². The fourth-order valence-electron chi connectivity index (χ4n) is 1.96. The highest BCUT2D eigenvalue weighted by atomic mass is 16.5. The SMILES string of the molecule is CCn1cc(CC(O)C2CCCO2)cn1. The Bertz CT molecular complexity index is 305. The molecule has 2 unspecified atom stereocenters. The topological polar surface area (TPSA) is 47.3 Å². The minimum Gasteiger partial charge on any atom is -0.390 e. The quantitative estimate of drug-likeness (QED) is 0.806. The van der Waals surface area contributed by atoms with Crippen molar-refractivity contribution in [2.24, 2.45) is 0 Å². The molecular formula is C11H18N2O2. The highest BCUT2D eigenvalue weighted by Crippen LogP contribution is 2.18. The van der Waals surface area contributed by atoms with E-state index in [2.05, 4.69) is 5.10 Å². The van der Waals surface area contributed by atoms with Crippen LogP contribution in [-0.4, -0.2) is 33.7 Å². The predicted octanol–water partition coefficient (Wildman–Crippen LogP) is 0.985. The number of aliphatic hydroxyl groups is 1. The van der Waals surface area contributed by atoms with Crippen LogP contribution in [0.15, 0.2) is 12.4 Å². The number of hydrogen-bond acceptors (Lipinski definition) is 3. The summed E-state index contributed by atoms with van der Waals surface area (Å²) in [6.07, 6.45) is 6.13. The Balaban J connectivity index is 1.89. The first-order chi connectivity index (χ1) is 7.29. The van der Waals surface area contributed by atoms with Gasteiger partial charge in [-0.15, -0.1) is 0 Å². The molecule has 0 aliphatic carbocycles. The molecule has 1 aromatic heterocycles. The standard InChI is InChI=1S/C11H18N2O2/c1-2-13-8-9(7-12-13)6-10(14)11-4-3-5-15-11/h7-8,10-11,14H,2-6H2,1H3. The highest BCUT2D eigenvalue weighted by molar-refractivity contribution is 5.06. The monoisotopic (exact) mass is 210 g/mol. The van der Waals surface area contributed by atoms with Crippen LogP contribution >= 0.6 is 0 Å². The van der Waals surface area contributed by atoms with Gasteiger partial charge in [0.15, 0.2) is 0 Å². The van der Waals surface area contributed by atoms with E-state index in [0.717, 1.165) is 31.6 Å². The van der Waals surface area contributed by atoms with Gasteiger partial charge in [-0.05, 0) is 25.3 Å². The average molecular weight is 210 g/mol. The molecule has 0 bridgehead atoms. The summed E-state index contributed by atoms with van der Waals surface area (Å²) >= 11 is 0. The molecule has 0 saturated carbocycles. The van der Waals surface area contributed by atoms with E-state index in [9.17, 15) is 5.11 Å². The lowest BCUT2D eigenvalue weighted by Gasteiger charge is -2.16. The van der Waals surface area contributed by atoms with Crippen LogP contribution in [0.4, 0.5) is 0 Å². The van der Waals surface area contributed by atoms with Gasteiger partial charge in [-0.2, -0.15) is 5.10 Å². The lowest BCUT2D eigenvalue weighted by atomic mass is 10.0. The molecule has 1 aliphatic rings. The first kappa shape index (κ1) is 10.6. The van der Waals surface area contributed by atoms with Gasteiger partial charge in [-0.3, -0.25) is 4.68 Å². The zero-order valence-corrected chi connectivity index (χ0v) is 9.09. The Morgan fingerprint density at radius 2 is 2.60 bits per heavy atom. The molecule has 0 radical (unpaired) electrons. The maximum Gasteiger partial charge on any atom is 0.0843 e. The van der Waals surface area contributed by atoms with Crippen molar-refractivity contribution in [1.82, 2.24) is 9.78 Å². The van der Waals surface area contributed by atoms with E-state index in [4.69, 9.17) is 4.74 Å². The van der Waals surface area contributed by atoms with Gasteiger partial charge in [-0.25, -0.2) is 0 Å². The molecule has 1 aromatic rings. The molecule has 2 heterocycles. The Morgan fingerprint density at radius 3 is 3.20 bits per heavy atom. The van der Waals surface area contributed by atoms with Gasteiger partial charge >= 0.3 is 0 Å². The van der Waals surface area contributed by atoms with Crippen molar-refractivity contribution in [1.29, 1.82) is 0 Å². The minimum atomic E-state index is -0.387.